The average Bonchev–Trinajstić information content (AvgIpc) is 2.87. The number of aromatic nitrogens is 4. The van der Waals surface area contributed by atoms with Crippen LogP contribution < -0.4 is 10.2 Å². The monoisotopic (exact) mass is 246 g/mol. The lowest BCUT2D eigenvalue weighted by atomic mass is 9.98. The highest BCUT2D eigenvalue weighted by Gasteiger charge is 2.17. The van der Waals surface area contributed by atoms with Crippen LogP contribution in [0.1, 0.15) is 12.8 Å². The minimum atomic E-state index is 0.737. The summed E-state index contributed by atoms with van der Waals surface area (Å²) in [6, 6.07) is 0. The third-order valence-corrected chi connectivity index (χ3v) is 3.55. The quantitative estimate of drug-likeness (QED) is 0.857. The molecule has 2 aromatic rings. The molecule has 0 spiro atoms. The number of rotatable bonds is 3. The van der Waals surface area contributed by atoms with E-state index < -0.39 is 0 Å². The summed E-state index contributed by atoms with van der Waals surface area (Å²) in [5.41, 5.74) is 0.828. The summed E-state index contributed by atoms with van der Waals surface area (Å²) in [7, 11) is 2.08. The van der Waals surface area contributed by atoms with Crippen LogP contribution in [-0.2, 0) is 0 Å². The van der Waals surface area contributed by atoms with Gasteiger partial charge in [0.25, 0.3) is 0 Å². The van der Waals surface area contributed by atoms with E-state index in [2.05, 4.69) is 32.4 Å². The highest BCUT2D eigenvalue weighted by molar-refractivity contribution is 5.62. The fourth-order valence-corrected chi connectivity index (χ4v) is 2.55. The molecule has 1 saturated heterocycles. The Morgan fingerprint density at radius 1 is 1.44 bits per heavy atom. The second-order valence-corrected chi connectivity index (χ2v) is 4.89. The first-order chi connectivity index (χ1) is 8.84. The van der Waals surface area contributed by atoms with Crippen molar-refractivity contribution < 1.29 is 0 Å². The van der Waals surface area contributed by atoms with Gasteiger partial charge in [-0.3, -0.25) is 4.40 Å². The number of hydrogen-bond acceptors (Lipinski definition) is 5. The Morgan fingerprint density at radius 3 is 3.11 bits per heavy atom. The second-order valence-electron chi connectivity index (χ2n) is 4.89. The topological polar surface area (TPSA) is 58.4 Å². The number of anilines is 1. The maximum absolute atomic E-state index is 4.43. The second kappa shape index (κ2) is 4.89. The molecule has 6 nitrogen and oxygen atoms in total. The number of fused-ring (bicyclic) bond motifs is 1. The Labute approximate surface area is 106 Å². The molecule has 96 valence electrons. The molecule has 1 aliphatic heterocycles. The molecule has 0 amide bonds. The van der Waals surface area contributed by atoms with Crippen molar-refractivity contribution in [2.24, 2.45) is 5.92 Å². The van der Waals surface area contributed by atoms with Crippen molar-refractivity contribution in [3.8, 4) is 0 Å². The number of hydrogen-bond donors (Lipinski definition) is 1. The van der Waals surface area contributed by atoms with E-state index >= 15 is 0 Å². The third-order valence-electron chi connectivity index (χ3n) is 3.55. The van der Waals surface area contributed by atoms with Crippen molar-refractivity contribution in [1.29, 1.82) is 0 Å². The number of nitrogens with one attached hydrogen (secondary N) is 1. The SMILES string of the molecule is CN(CC1CCNCC1)c1nccn2cnnc12. The molecule has 6 heteroatoms. The molecule has 3 rings (SSSR count). The van der Waals surface area contributed by atoms with Crippen molar-refractivity contribution in [3.63, 3.8) is 0 Å². The number of piperidine rings is 1. The summed E-state index contributed by atoms with van der Waals surface area (Å²) in [6.45, 7) is 3.28. The van der Waals surface area contributed by atoms with Crippen LogP contribution >= 0.6 is 0 Å². The van der Waals surface area contributed by atoms with Crippen molar-refractivity contribution in [2.45, 2.75) is 12.8 Å². The van der Waals surface area contributed by atoms with E-state index in [9.17, 15) is 0 Å². The van der Waals surface area contributed by atoms with Crippen LogP contribution in [0.15, 0.2) is 18.7 Å². The van der Waals surface area contributed by atoms with Gasteiger partial charge >= 0.3 is 0 Å². The molecular formula is C12H18N6. The lowest BCUT2D eigenvalue weighted by molar-refractivity contribution is 0.377. The zero-order valence-corrected chi connectivity index (χ0v) is 10.6. The molecule has 0 aromatic carbocycles. The van der Waals surface area contributed by atoms with Crippen molar-refractivity contribution >= 4 is 11.5 Å². The molecule has 0 aliphatic carbocycles. The van der Waals surface area contributed by atoms with Gasteiger partial charge in [-0.2, -0.15) is 0 Å². The molecule has 3 heterocycles. The first kappa shape index (κ1) is 11.4. The molecule has 0 bridgehead atoms. The minimum Gasteiger partial charge on any atom is -0.356 e. The van der Waals surface area contributed by atoms with Gasteiger partial charge in [0.1, 0.15) is 6.33 Å². The van der Waals surface area contributed by atoms with Crippen LogP contribution in [-0.4, -0.2) is 46.3 Å². The largest absolute Gasteiger partial charge is 0.356 e. The molecule has 18 heavy (non-hydrogen) atoms. The van der Waals surface area contributed by atoms with Crippen LogP contribution in [0, 0.1) is 5.92 Å². The molecule has 0 radical (unpaired) electrons. The van der Waals surface area contributed by atoms with E-state index in [4.69, 9.17) is 0 Å². The summed E-state index contributed by atoms with van der Waals surface area (Å²) >= 11 is 0. The van der Waals surface area contributed by atoms with Crippen molar-refractivity contribution in [3.05, 3.63) is 18.7 Å². The summed E-state index contributed by atoms with van der Waals surface area (Å²) in [6.07, 6.45) is 7.85. The lowest BCUT2D eigenvalue weighted by Gasteiger charge is -2.28. The zero-order chi connectivity index (χ0) is 12.4. The third kappa shape index (κ3) is 2.15. The molecule has 0 atom stereocenters. The normalized spacial score (nSPS) is 17.2. The van der Waals surface area contributed by atoms with Crippen LogP contribution in [0.4, 0.5) is 5.82 Å². The lowest BCUT2D eigenvalue weighted by Crippen LogP contribution is -2.35. The van der Waals surface area contributed by atoms with Crippen LogP contribution in [0.2, 0.25) is 0 Å². The van der Waals surface area contributed by atoms with Gasteiger partial charge in [0.2, 0.25) is 5.65 Å². The molecule has 1 fully saturated rings. The number of nitrogens with zero attached hydrogens (tertiary/aromatic N) is 5. The average molecular weight is 246 g/mol. The molecule has 0 saturated carbocycles. The fourth-order valence-electron chi connectivity index (χ4n) is 2.55. The van der Waals surface area contributed by atoms with Crippen LogP contribution in [0.5, 0.6) is 0 Å². The van der Waals surface area contributed by atoms with E-state index in [1.807, 2.05) is 10.6 Å². The van der Waals surface area contributed by atoms with Gasteiger partial charge in [-0.05, 0) is 31.8 Å². The van der Waals surface area contributed by atoms with Gasteiger partial charge in [0.15, 0.2) is 5.82 Å². The van der Waals surface area contributed by atoms with E-state index in [1.54, 1.807) is 12.5 Å². The molecule has 2 aromatic heterocycles. The Morgan fingerprint density at radius 2 is 2.28 bits per heavy atom. The summed E-state index contributed by atoms with van der Waals surface area (Å²) in [5.74, 6) is 1.65. The Bertz CT molecular complexity index is 516. The van der Waals surface area contributed by atoms with Gasteiger partial charge in [0, 0.05) is 26.0 Å². The van der Waals surface area contributed by atoms with E-state index in [0.717, 1.165) is 37.0 Å². The molecule has 1 aliphatic rings. The minimum absolute atomic E-state index is 0.737. The van der Waals surface area contributed by atoms with Gasteiger partial charge in [0.05, 0.1) is 0 Å². The summed E-state index contributed by atoms with van der Waals surface area (Å²) < 4.78 is 1.90. The van der Waals surface area contributed by atoms with E-state index in [-0.39, 0.29) is 0 Å². The predicted octanol–water partition coefficient (Wildman–Crippen LogP) is 0.560. The Balaban J connectivity index is 1.78. The van der Waals surface area contributed by atoms with Crippen LogP contribution in [0.3, 0.4) is 0 Å². The van der Waals surface area contributed by atoms with Crippen molar-refractivity contribution in [1.82, 2.24) is 24.9 Å². The smallest absolute Gasteiger partial charge is 0.203 e. The zero-order valence-electron chi connectivity index (χ0n) is 10.6. The fraction of sp³-hybridized carbons (Fsp3) is 0.583. The van der Waals surface area contributed by atoms with Crippen LogP contribution in [0.25, 0.3) is 5.65 Å². The van der Waals surface area contributed by atoms with E-state index in [1.165, 1.54) is 12.8 Å². The summed E-state index contributed by atoms with van der Waals surface area (Å²) in [4.78, 5) is 6.63. The van der Waals surface area contributed by atoms with Gasteiger partial charge < -0.3 is 10.2 Å². The molecular weight excluding hydrogens is 228 g/mol. The van der Waals surface area contributed by atoms with Crippen molar-refractivity contribution in [2.75, 3.05) is 31.6 Å². The maximum Gasteiger partial charge on any atom is 0.203 e. The highest BCUT2D eigenvalue weighted by Crippen LogP contribution is 2.19. The van der Waals surface area contributed by atoms with Gasteiger partial charge in [-0.15, -0.1) is 10.2 Å². The Hall–Kier alpha value is -1.69. The maximum atomic E-state index is 4.43. The first-order valence-corrected chi connectivity index (χ1v) is 6.41. The van der Waals surface area contributed by atoms with Gasteiger partial charge in [-0.25, -0.2) is 4.98 Å². The predicted molar refractivity (Wildman–Crippen MR) is 69.6 cm³/mol. The van der Waals surface area contributed by atoms with E-state index in [0.29, 0.717) is 0 Å². The summed E-state index contributed by atoms with van der Waals surface area (Å²) in [5, 5.41) is 11.4. The first-order valence-electron chi connectivity index (χ1n) is 6.41. The highest BCUT2D eigenvalue weighted by atomic mass is 15.3. The standard InChI is InChI=1S/C12H18N6/c1-17(8-10-2-4-13-5-3-10)11-12-16-15-9-18(12)7-6-14-11/h6-7,9-10,13H,2-5,8H2,1H3. The molecule has 1 N–H and O–H groups in total. The Kier molecular flexibility index (Phi) is 3.10. The molecule has 0 unspecified atom stereocenters. The van der Waals surface area contributed by atoms with Gasteiger partial charge in [-0.1, -0.05) is 0 Å².